The lowest BCUT2D eigenvalue weighted by Crippen LogP contribution is -2.23. The van der Waals surface area contributed by atoms with Crippen LogP contribution in [0.15, 0.2) is 12.2 Å². The van der Waals surface area contributed by atoms with Crippen LogP contribution in [-0.2, 0) is 13.8 Å². The molecule has 0 radical (unpaired) electrons. The van der Waals surface area contributed by atoms with E-state index in [9.17, 15) is 14.6 Å². The molecule has 3 unspecified atom stereocenters. The summed E-state index contributed by atoms with van der Waals surface area (Å²) in [7, 11) is -3.83. The summed E-state index contributed by atoms with van der Waals surface area (Å²) in [6.45, 7) is 4.84. The monoisotopic (exact) mass is 707 g/mol. The minimum Gasteiger partial charge on any atom is -0.394 e. The molecule has 3 N–H and O–H groups in total. The first-order chi connectivity index (χ1) is 22.9. The Kier molecular flexibility index (Phi) is 37.5. The third kappa shape index (κ3) is 37.2. The number of thioether (sulfide) groups is 1. The van der Waals surface area contributed by atoms with Gasteiger partial charge in [-0.2, -0.15) is 11.8 Å². The Morgan fingerprint density at radius 3 is 1.62 bits per heavy atom. The molecule has 0 saturated heterocycles. The van der Waals surface area contributed by atoms with Gasteiger partial charge < -0.3 is 24.4 Å². The van der Waals surface area contributed by atoms with Crippen molar-refractivity contribution in [3.63, 3.8) is 0 Å². The normalized spacial score (nSPS) is 14.6. The van der Waals surface area contributed by atoms with Crippen LogP contribution in [0.4, 0.5) is 0 Å². The van der Waals surface area contributed by atoms with E-state index < -0.39 is 20.3 Å². The molecule has 0 aromatic heterocycles. The van der Waals surface area contributed by atoms with Crippen LogP contribution in [0.5, 0.6) is 0 Å². The standard InChI is InChI=1S/C39H79O6PS/c1-3-5-7-9-11-13-15-17-19-21-23-25-27-29-32-44-39(36-45-46(42,43)33-31-38(41)35-40)37-47-34-30-28-26-24-22-20-18-16-14-12-10-8-6-4-2/h13,15,38-41H,3-12,14,16-37H2,1-2H3,(H,42,43)/b15-13+. The van der Waals surface area contributed by atoms with Gasteiger partial charge in [0.05, 0.1) is 31.6 Å². The zero-order chi connectivity index (χ0) is 34.5. The molecule has 8 heteroatoms. The molecule has 0 aliphatic rings. The maximum atomic E-state index is 12.4. The molecular weight excluding hydrogens is 627 g/mol. The highest BCUT2D eigenvalue weighted by atomic mass is 32.2. The fraction of sp³-hybridized carbons (Fsp3) is 0.949. The molecule has 0 saturated carbocycles. The van der Waals surface area contributed by atoms with Crippen molar-refractivity contribution in [2.75, 3.05) is 37.5 Å². The first-order valence-electron chi connectivity index (χ1n) is 20.0. The summed E-state index contributed by atoms with van der Waals surface area (Å²) in [6.07, 6.45) is 37.4. The molecule has 47 heavy (non-hydrogen) atoms. The van der Waals surface area contributed by atoms with Gasteiger partial charge in [0.25, 0.3) is 0 Å². The van der Waals surface area contributed by atoms with Crippen LogP contribution in [0.3, 0.4) is 0 Å². The Hall–Kier alpha value is 0.120. The summed E-state index contributed by atoms with van der Waals surface area (Å²) in [5.41, 5.74) is 0. The molecule has 0 bridgehead atoms. The van der Waals surface area contributed by atoms with Gasteiger partial charge in [0.15, 0.2) is 0 Å². The van der Waals surface area contributed by atoms with Gasteiger partial charge in [-0.3, -0.25) is 4.57 Å². The number of allylic oxidation sites excluding steroid dienone is 2. The summed E-state index contributed by atoms with van der Waals surface area (Å²) >= 11 is 1.85. The lowest BCUT2D eigenvalue weighted by molar-refractivity contribution is 0.0297. The Balaban J connectivity index is 4.06. The minimum absolute atomic E-state index is 0.0407. The second kappa shape index (κ2) is 37.4. The Morgan fingerprint density at radius 2 is 1.11 bits per heavy atom. The second-order valence-electron chi connectivity index (χ2n) is 13.7. The maximum Gasteiger partial charge on any atom is 0.328 e. The van der Waals surface area contributed by atoms with E-state index in [0.29, 0.717) is 6.61 Å². The van der Waals surface area contributed by atoms with Gasteiger partial charge >= 0.3 is 7.60 Å². The molecule has 0 fully saturated rings. The molecule has 0 rings (SSSR count). The minimum atomic E-state index is -3.83. The number of ether oxygens (including phenoxy) is 1. The highest BCUT2D eigenvalue weighted by Gasteiger charge is 2.23. The summed E-state index contributed by atoms with van der Waals surface area (Å²) in [5.74, 6) is 1.83. The zero-order valence-corrected chi connectivity index (χ0v) is 32.8. The molecule has 0 aromatic carbocycles. The van der Waals surface area contributed by atoms with Crippen LogP contribution in [0, 0.1) is 0 Å². The molecule has 0 aliphatic heterocycles. The van der Waals surface area contributed by atoms with Crippen molar-refractivity contribution in [3.8, 4) is 0 Å². The number of aliphatic hydroxyl groups excluding tert-OH is 2. The third-order valence-corrected chi connectivity index (χ3v) is 11.4. The van der Waals surface area contributed by atoms with Gasteiger partial charge in [0.1, 0.15) is 0 Å². The summed E-state index contributed by atoms with van der Waals surface area (Å²) in [4.78, 5) is 10.2. The molecule has 0 amide bonds. The van der Waals surface area contributed by atoms with E-state index in [0.717, 1.165) is 24.3 Å². The van der Waals surface area contributed by atoms with Crippen molar-refractivity contribution in [3.05, 3.63) is 12.2 Å². The Labute approximate surface area is 296 Å². The first kappa shape index (κ1) is 47.1. The fourth-order valence-corrected chi connectivity index (χ4v) is 7.85. The largest absolute Gasteiger partial charge is 0.394 e. The van der Waals surface area contributed by atoms with Crippen LogP contribution < -0.4 is 0 Å². The van der Waals surface area contributed by atoms with E-state index in [1.807, 2.05) is 11.8 Å². The third-order valence-electron chi connectivity index (χ3n) is 8.87. The van der Waals surface area contributed by atoms with Crippen LogP contribution >= 0.6 is 19.4 Å². The molecule has 0 heterocycles. The van der Waals surface area contributed by atoms with Crippen molar-refractivity contribution in [2.45, 2.75) is 199 Å². The number of unbranched alkanes of at least 4 members (excludes halogenated alkanes) is 23. The quantitative estimate of drug-likeness (QED) is 0.0332. The van der Waals surface area contributed by atoms with Crippen LogP contribution in [-0.4, -0.2) is 64.8 Å². The van der Waals surface area contributed by atoms with E-state index in [-0.39, 0.29) is 25.3 Å². The average Bonchev–Trinajstić information content (AvgIpc) is 3.07. The van der Waals surface area contributed by atoms with Crippen molar-refractivity contribution < 1.29 is 28.9 Å². The van der Waals surface area contributed by atoms with E-state index in [2.05, 4.69) is 26.0 Å². The van der Waals surface area contributed by atoms with Crippen LogP contribution in [0.1, 0.15) is 187 Å². The van der Waals surface area contributed by atoms with Crippen molar-refractivity contribution in [1.29, 1.82) is 0 Å². The molecule has 0 aromatic rings. The number of hydrogen-bond donors (Lipinski definition) is 3. The summed E-state index contributed by atoms with van der Waals surface area (Å²) < 4.78 is 24.0. The van der Waals surface area contributed by atoms with Gasteiger partial charge in [0.2, 0.25) is 0 Å². The van der Waals surface area contributed by atoms with Gasteiger partial charge in [-0.1, -0.05) is 154 Å². The maximum absolute atomic E-state index is 12.4. The molecule has 282 valence electrons. The molecule has 0 aliphatic carbocycles. The zero-order valence-electron chi connectivity index (χ0n) is 31.1. The van der Waals surface area contributed by atoms with Crippen molar-refractivity contribution in [2.24, 2.45) is 0 Å². The highest BCUT2D eigenvalue weighted by molar-refractivity contribution is 7.99. The lowest BCUT2D eigenvalue weighted by Gasteiger charge is -2.20. The highest BCUT2D eigenvalue weighted by Crippen LogP contribution is 2.43. The summed E-state index contributed by atoms with van der Waals surface area (Å²) in [5, 5.41) is 18.5. The smallest absolute Gasteiger partial charge is 0.328 e. The van der Waals surface area contributed by atoms with Gasteiger partial charge in [-0.25, -0.2) is 0 Å². The van der Waals surface area contributed by atoms with E-state index in [1.165, 1.54) is 154 Å². The van der Waals surface area contributed by atoms with Crippen LogP contribution in [0.2, 0.25) is 0 Å². The predicted octanol–water partition coefficient (Wildman–Crippen LogP) is 11.8. The topological polar surface area (TPSA) is 96.2 Å². The van der Waals surface area contributed by atoms with Crippen molar-refractivity contribution in [1.82, 2.24) is 0 Å². The number of rotatable bonds is 39. The Morgan fingerprint density at radius 1 is 0.660 bits per heavy atom. The van der Waals surface area contributed by atoms with Crippen molar-refractivity contribution >= 4 is 19.4 Å². The van der Waals surface area contributed by atoms with Gasteiger partial charge in [0, 0.05) is 12.4 Å². The lowest BCUT2D eigenvalue weighted by atomic mass is 10.0. The van der Waals surface area contributed by atoms with E-state index in [4.69, 9.17) is 14.4 Å². The molecule has 3 atom stereocenters. The number of aliphatic hydroxyl groups is 2. The first-order valence-corrected chi connectivity index (χ1v) is 23.0. The van der Waals surface area contributed by atoms with Crippen LogP contribution in [0.25, 0.3) is 0 Å². The Bertz CT molecular complexity index is 694. The predicted molar refractivity (Wildman–Crippen MR) is 206 cm³/mol. The van der Waals surface area contributed by atoms with E-state index >= 15 is 0 Å². The van der Waals surface area contributed by atoms with E-state index in [1.54, 1.807) is 0 Å². The van der Waals surface area contributed by atoms with Gasteiger partial charge in [-0.15, -0.1) is 0 Å². The SMILES string of the molecule is CCCCCC/C=C/CCCCCCCCOC(COP(=O)(O)CCC(O)CO)CSCCCCCCCCCCCCCCCC. The number of hydrogen-bond acceptors (Lipinski definition) is 6. The molecule has 0 spiro atoms. The van der Waals surface area contributed by atoms with Gasteiger partial charge in [-0.05, 0) is 50.7 Å². The summed E-state index contributed by atoms with van der Waals surface area (Å²) in [6, 6.07) is 0. The second-order valence-corrected chi connectivity index (χ2v) is 16.8. The molecule has 6 nitrogen and oxygen atoms in total. The average molecular weight is 707 g/mol. The molecular formula is C39H79O6PS. The fourth-order valence-electron chi connectivity index (χ4n) is 5.67.